The largest absolute Gasteiger partial charge is 0.394 e. The third-order valence-corrected chi connectivity index (χ3v) is 6.18. The Bertz CT molecular complexity index is 559. The number of amides is 1. The van der Waals surface area contributed by atoms with Gasteiger partial charge in [-0.15, -0.1) is 0 Å². The molecule has 0 aromatic heterocycles. The van der Waals surface area contributed by atoms with Crippen molar-refractivity contribution in [1.82, 2.24) is 5.32 Å². The van der Waals surface area contributed by atoms with Crippen LogP contribution in [-0.4, -0.2) is 87.5 Å². The van der Waals surface area contributed by atoms with Gasteiger partial charge in [0.2, 0.25) is 5.91 Å². The monoisotopic (exact) mass is 489 g/mol. The molecule has 0 saturated carbocycles. The molecule has 200 valence electrons. The molecule has 0 bridgehead atoms. The van der Waals surface area contributed by atoms with Crippen molar-refractivity contribution in [3.05, 3.63) is 12.2 Å². The van der Waals surface area contributed by atoms with Gasteiger partial charge in [-0.2, -0.15) is 0 Å². The Morgan fingerprint density at radius 1 is 0.971 bits per heavy atom. The molecule has 1 fully saturated rings. The number of carbonyl (C=O) groups is 1. The maximum atomic E-state index is 11.9. The van der Waals surface area contributed by atoms with E-state index < -0.39 is 49.5 Å². The average molecular weight is 490 g/mol. The molecule has 6 N–H and O–H groups in total. The van der Waals surface area contributed by atoms with Crippen LogP contribution in [-0.2, 0) is 14.3 Å². The van der Waals surface area contributed by atoms with Gasteiger partial charge in [0.15, 0.2) is 6.29 Å². The number of hydrogen-bond acceptors (Lipinski definition) is 8. The van der Waals surface area contributed by atoms with Crippen molar-refractivity contribution in [2.45, 2.75) is 127 Å². The highest BCUT2D eigenvalue weighted by Crippen LogP contribution is 2.22. The summed E-state index contributed by atoms with van der Waals surface area (Å²) < 4.78 is 10.8. The van der Waals surface area contributed by atoms with Gasteiger partial charge in [0.05, 0.1) is 25.4 Å². The number of nitrogens with one attached hydrogen (secondary N) is 1. The Morgan fingerprint density at radius 3 is 2.18 bits per heavy atom. The fourth-order valence-electron chi connectivity index (χ4n) is 3.88. The molecule has 9 heteroatoms. The molecule has 1 heterocycles. The molecule has 0 spiro atoms. The zero-order valence-corrected chi connectivity index (χ0v) is 20.8. The lowest BCUT2D eigenvalue weighted by molar-refractivity contribution is -0.302. The van der Waals surface area contributed by atoms with Crippen LogP contribution >= 0.6 is 0 Å². The van der Waals surface area contributed by atoms with Gasteiger partial charge in [0.1, 0.15) is 24.4 Å². The van der Waals surface area contributed by atoms with E-state index in [4.69, 9.17) is 9.47 Å². The smallest absolute Gasteiger partial charge is 0.220 e. The predicted molar refractivity (Wildman–Crippen MR) is 129 cm³/mol. The summed E-state index contributed by atoms with van der Waals surface area (Å²) in [5, 5.41) is 52.4. The summed E-state index contributed by atoms with van der Waals surface area (Å²) in [6.07, 6.45) is 7.74. The van der Waals surface area contributed by atoms with Gasteiger partial charge in [-0.1, -0.05) is 77.4 Å². The van der Waals surface area contributed by atoms with E-state index in [0.29, 0.717) is 0 Å². The van der Waals surface area contributed by atoms with Crippen LogP contribution in [0.3, 0.4) is 0 Å². The van der Waals surface area contributed by atoms with Crippen LogP contribution in [0.25, 0.3) is 0 Å². The SMILES string of the molecule is CCCCCCCCCCC/C=C/[C@@H](O)[C@H](COC1OC(CO)C(O)C(O)C1O)NC(=O)CC. The summed E-state index contributed by atoms with van der Waals surface area (Å²) in [6.45, 7) is 3.15. The minimum Gasteiger partial charge on any atom is -0.394 e. The normalized spacial score (nSPS) is 27.1. The summed E-state index contributed by atoms with van der Waals surface area (Å²) in [4.78, 5) is 11.9. The van der Waals surface area contributed by atoms with Crippen LogP contribution in [0.2, 0.25) is 0 Å². The first-order chi connectivity index (χ1) is 16.3. The van der Waals surface area contributed by atoms with Crippen LogP contribution in [0, 0.1) is 0 Å². The Morgan fingerprint density at radius 2 is 1.59 bits per heavy atom. The van der Waals surface area contributed by atoms with Crippen molar-refractivity contribution in [3.63, 3.8) is 0 Å². The lowest BCUT2D eigenvalue weighted by Gasteiger charge is -2.40. The number of hydrogen-bond donors (Lipinski definition) is 6. The summed E-state index contributed by atoms with van der Waals surface area (Å²) in [5.74, 6) is -0.270. The molecule has 1 saturated heterocycles. The summed E-state index contributed by atoms with van der Waals surface area (Å²) >= 11 is 0. The number of aliphatic hydroxyl groups is 5. The quantitative estimate of drug-likeness (QED) is 0.125. The number of aliphatic hydroxyl groups excluding tert-OH is 5. The van der Waals surface area contributed by atoms with E-state index in [1.165, 1.54) is 44.9 Å². The van der Waals surface area contributed by atoms with E-state index in [0.717, 1.165) is 19.3 Å². The molecule has 1 amide bonds. The first kappa shape index (κ1) is 31.0. The lowest BCUT2D eigenvalue weighted by atomic mass is 9.99. The topological polar surface area (TPSA) is 149 Å². The molecular weight excluding hydrogens is 442 g/mol. The van der Waals surface area contributed by atoms with Crippen molar-refractivity contribution in [3.8, 4) is 0 Å². The van der Waals surface area contributed by atoms with Gasteiger partial charge in [0, 0.05) is 6.42 Å². The summed E-state index contributed by atoms with van der Waals surface area (Å²) in [5.41, 5.74) is 0. The van der Waals surface area contributed by atoms with Gasteiger partial charge in [0.25, 0.3) is 0 Å². The van der Waals surface area contributed by atoms with E-state index in [1.54, 1.807) is 13.0 Å². The molecule has 5 unspecified atom stereocenters. The van der Waals surface area contributed by atoms with Gasteiger partial charge in [-0.25, -0.2) is 0 Å². The highest BCUT2D eigenvalue weighted by molar-refractivity contribution is 5.75. The number of rotatable bonds is 18. The zero-order valence-electron chi connectivity index (χ0n) is 20.8. The molecule has 34 heavy (non-hydrogen) atoms. The Kier molecular flexibility index (Phi) is 16.6. The standard InChI is InChI=1S/C25H47NO8/c1-3-5-6-7-8-9-10-11-12-13-14-15-19(28)18(26-21(29)4-2)17-33-25-24(32)23(31)22(30)20(16-27)34-25/h14-15,18-20,22-25,27-28,30-32H,3-13,16-17H2,1-2H3,(H,26,29)/b15-14+/t18-,19+,20?,22?,23?,24?,25?/m0/s1. The second kappa shape index (κ2) is 18.2. The Balaban J connectivity index is 2.45. The minimum absolute atomic E-state index is 0.196. The van der Waals surface area contributed by atoms with Gasteiger partial charge >= 0.3 is 0 Å². The molecule has 1 aliphatic heterocycles. The van der Waals surface area contributed by atoms with Crippen molar-refractivity contribution < 1.29 is 39.8 Å². The van der Waals surface area contributed by atoms with E-state index in [2.05, 4.69) is 12.2 Å². The van der Waals surface area contributed by atoms with Crippen LogP contribution in [0.5, 0.6) is 0 Å². The third kappa shape index (κ3) is 11.6. The third-order valence-electron chi connectivity index (χ3n) is 6.18. The second-order valence-electron chi connectivity index (χ2n) is 9.09. The number of carbonyl (C=O) groups excluding carboxylic acids is 1. The maximum absolute atomic E-state index is 11.9. The minimum atomic E-state index is -1.55. The van der Waals surface area contributed by atoms with Gasteiger partial charge < -0.3 is 40.3 Å². The van der Waals surface area contributed by atoms with E-state index in [9.17, 15) is 30.3 Å². The highest BCUT2D eigenvalue weighted by atomic mass is 16.7. The second-order valence-corrected chi connectivity index (χ2v) is 9.09. The van der Waals surface area contributed by atoms with Gasteiger partial charge in [-0.05, 0) is 12.8 Å². The molecule has 9 nitrogen and oxygen atoms in total. The zero-order chi connectivity index (χ0) is 25.3. The molecule has 0 aromatic rings. The predicted octanol–water partition coefficient (Wildman–Crippen LogP) is 1.54. The van der Waals surface area contributed by atoms with Crippen molar-refractivity contribution in [1.29, 1.82) is 0 Å². The maximum Gasteiger partial charge on any atom is 0.220 e. The van der Waals surface area contributed by atoms with Crippen molar-refractivity contribution >= 4 is 5.91 Å². The Hall–Kier alpha value is -1.07. The molecule has 0 radical (unpaired) electrons. The fraction of sp³-hybridized carbons (Fsp3) is 0.880. The number of allylic oxidation sites excluding steroid dienone is 1. The molecule has 0 aromatic carbocycles. The van der Waals surface area contributed by atoms with Crippen molar-refractivity contribution in [2.75, 3.05) is 13.2 Å². The van der Waals surface area contributed by atoms with E-state index >= 15 is 0 Å². The van der Waals surface area contributed by atoms with Crippen LogP contribution < -0.4 is 5.32 Å². The average Bonchev–Trinajstić information content (AvgIpc) is 2.84. The van der Waals surface area contributed by atoms with Gasteiger partial charge in [-0.3, -0.25) is 4.79 Å². The number of ether oxygens (including phenoxy) is 2. The first-order valence-corrected chi connectivity index (χ1v) is 12.9. The first-order valence-electron chi connectivity index (χ1n) is 12.9. The number of unbranched alkanes of at least 4 members (excludes halogenated alkanes) is 9. The summed E-state index contributed by atoms with van der Waals surface area (Å²) in [6, 6.07) is -0.792. The molecule has 1 aliphatic rings. The summed E-state index contributed by atoms with van der Waals surface area (Å²) in [7, 11) is 0. The highest BCUT2D eigenvalue weighted by Gasteiger charge is 2.44. The fourth-order valence-corrected chi connectivity index (χ4v) is 3.88. The van der Waals surface area contributed by atoms with Crippen LogP contribution in [0.4, 0.5) is 0 Å². The van der Waals surface area contributed by atoms with Crippen LogP contribution in [0.15, 0.2) is 12.2 Å². The molecule has 1 rings (SSSR count). The molecular formula is C25H47NO8. The van der Waals surface area contributed by atoms with Crippen molar-refractivity contribution in [2.24, 2.45) is 0 Å². The Labute approximate surface area is 204 Å². The molecule has 7 atom stereocenters. The lowest BCUT2D eigenvalue weighted by Crippen LogP contribution is -2.60. The molecule has 0 aliphatic carbocycles. The van der Waals surface area contributed by atoms with Crippen LogP contribution in [0.1, 0.15) is 84.5 Å². The van der Waals surface area contributed by atoms with E-state index in [1.807, 2.05) is 6.08 Å². The van der Waals surface area contributed by atoms with E-state index in [-0.39, 0.29) is 18.9 Å².